The van der Waals surface area contributed by atoms with E-state index in [4.69, 9.17) is 10.8 Å². The fourth-order valence-electron chi connectivity index (χ4n) is 1.75. The number of phenolic OH excluding ortho intramolecular Hbond substituents is 1. The minimum Gasteiger partial charge on any atom is -0.508 e. The number of nitrogen functional groups attached to an aromatic ring is 1. The molecule has 0 bridgehead atoms. The van der Waals surface area contributed by atoms with Crippen LogP contribution in [0.3, 0.4) is 0 Å². The minimum atomic E-state index is -0.601. The van der Waals surface area contributed by atoms with E-state index in [1.165, 1.54) is 12.1 Å². The summed E-state index contributed by atoms with van der Waals surface area (Å²) in [6.45, 7) is 0.426. The van der Waals surface area contributed by atoms with E-state index in [1.54, 1.807) is 24.3 Å². The second-order valence-corrected chi connectivity index (χ2v) is 4.41. The predicted octanol–water partition coefficient (Wildman–Crippen LogP) is 2.09. The van der Waals surface area contributed by atoms with Crippen molar-refractivity contribution in [2.45, 2.75) is 6.42 Å². The first-order chi connectivity index (χ1) is 9.56. The van der Waals surface area contributed by atoms with Crippen LogP contribution in [0.5, 0.6) is 5.75 Å². The molecule has 4 nitrogen and oxygen atoms in total. The third kappa shape index (κ3) is 3.47. The third-order valence-electron chi connectivity index (χ3n) is 2.90. The van der Waals surface area contributed by atoms with Crippen molar-refractivity contribution in [3.8, 4) is 5.75 Å². The predicted molar refractivity (Wildman–Crippen MR) is 75.0 cm³/mol. The lowest BCUT2D eigenvalue weighted by molar-refractivity contribution is 0.0953. The fraction of sp³-hybridized carbons (Fsp3) is 0.133. The monoisotopic (exact) mass is 274 g/mol. The zero-order chi connectivity index (χ0) is 14.5. The van der Waals surface area contributed by atoms with Gasteiger partial charge in [-0.25, -0.2) is 4.39 Å². The van der Waals surface area contributed by atoms with E-state index in [1.807, 2.05) is 0 Å². The van der Waals surface area contributed by atoms with Gasteiger partial charge in [0.15, 0.2) is 0 Å². The topological polar surface area (TPSA) is 75.4 Å². The van der Waals surface area contributed by atoms with Gasteiger partial charge in [0.1, 0.15) is 11.6 Å². The van der Waals surface area contributed by atoms with Crippen LogP contribution in [0.2, 0.25) is 0 Å². The fourth-order valence-corrected chi connectivity index (χ4v) is 1.75. The summed E-state index contributed by atoms with van der Waals surface area (Å²) in [6, 6.07) is 10.7. The molecule has 0 atom stereocenters. The van der Waals surface area contributed by atoms with Crippen molar-refractivity contribution >= 4 is 11.6 Å². The summed E-state index contributed by atoms with van der Waals surface area (Å²) >= 11 is 0. The summed E-state index contributed by atoms with van der Waals surface area (Å²) in [5, 5.41) is 11.9. The lowest BCUT2D eigenvalue weighted by Crippen LogP contribution is -2.25. The molecule has 0 aliphatic rings. The van der Waals surface area contributed by atoms with E-state index in [0.717, 1.165) is 11.6 Å². The average molecular weight is 274 g/mol. The maximum atomic E-state index is 13.2. The normalized spacial score (nSPS) is 10.2. The molecule has 104 valence electrons. The molecule has 0 spiro atoms. The van der Waals surface area contributed by atoms with E-state index in [9.17, 15) is 9.18 Å². The molecule has 0 aromatic heterocycles. The Kier molecular flexibility index (Phi) is 4.20. The van der Waals surface area contributed by atoms with Gasteiger partial charge in [-0.05, 0) is 42.3 Å². The zero-order valence-corrected chi connectivity index (χ0v) is 10.8. The maximum Gasteiger partial charge on any atom is 0.251 e. The number of halogens is 1. The summed E-state index contributed by atoms with van der Waals surface area (Å²) in [4.78, 5) is 11.8. The summed E-state index contributed by atoms with van der Waals surface area (Å²) in [5.74, 6) is -0.742. The van der Waals surface area contributed by atoms with Gasteiger partial charge in [-0.1, -0.05) is 12.1 Å². The van der Waals surface area contributed by atoms with Crippen molar-refractivity contribution in [2.24, 2.45) is 0 Å². The smallest absolute Gasteiger partial charge is 0.251 e. The van der Waals surface area contributed by atoms with E-state index in [2.05, 4.69) is 5.32 Å². The standard InChI is InChI=1S/C15H15FN2O2/c16-13-9-11(3-6-14(13)17)15(20)18-8-7-10-1-4-12(19)5-2-10/h1-6,9,19H,7-8,17H2,(H,18,20). The van der Waals surface area contributed by atoms with Crippen molar-refractivity contribution in [2.75, 3.05) is 12.3 Å². The number of nitrogens with two attached hydrogens (primary N) is 1. The van der Waals surface area contributed by atoms with E-state index in [-0.39, 0.29) is 22.9 Å². The van der Waals surface area contributed by atoms with Crippen LogP contribution in [-0.4, -0.2) is 17.6 Å². The van der Waals surface area contributed by atoms with E-state index >= 15 is 0 Å². The highest BCUT2D eigenvalue weighted by Gasteiger charge is 2.07. The SMILES string of the molecule is Nc1ccc(C(=O)NCCc2ccc(O)cc2)cc1F. The lowest BCUT2D eigenvalue weighted by Gasteiger charge is -2.06. The van der Waals surface area contributed by atoms with Crippen LogP contribution in [0.25, 0.3) is 0 Å². The maximum absolute atomic E-state index is 13.2. The molecular formula is C15H15FN2O2. The summed E-state index contributed by atoms with van der Waals surface area (Å²) in [6.07, 6.45) is 0.628. The Morgan fingerprint density at radius 2 is 1.90 bits per heavy atom. The van der Waals surface area contributed by atoms with Crippen LogP contribution < -0.4 is 11.1 Å². The average Bonchev–Trinajstić information content (AvgIpc) is 2.44. The molecule has 0 heterocycles. The third-order valence-corrected chi connectivity index (χ3v) is 2.90. The van der Waals surface area contributed by atoms with E-state index < -0.39 is 5.82 Å². The Balaban J connectivity index is 1.88. The van der Waals surface area contributed by atoms with Crippen LogP contribution >= 0.6 is 0 Å². The molecule has 0 unspecified atom stereocenters. The number of aromatic hydroxyl groups is 1. The largest absolute Gasteiger partial charge is 0.508 e. The number of nitrogens with one attached hydrogen (secondary N) is 1. The number of rotatable bonds is 4. The van der Waals surface area contributed by atoms with Crippen molar-refractivity contribution in [1.29, 1.82) is 0 Å². The van der Waals surface area contributed by atoms with Gasteiger partial charge in [-0.2, -0.15) is 0 Å². The Morgan fingerprint density at radius 3 is 2.55 bits per heavy atom. The van der Waals surface area contributed by atoms with Crippen molar-refractivity contribution in [3.63, 3.8) is 0 Å². The number of amides is 1. The molecule has 2 rings (SSSR count). The quantitative estimate of drug-likeness (QED) is 0.747. The van der Waals surface area contributed by atoms with Crippen molar-refractivity contribution in [3.05, 3.63) is 59.4 Å². The second kappa shape index (κ2) is 6.06. The van der Waals surface area contributed by atoms with Gasteiger partial charge in [0, 0.05) is 12.1 Å². The van der Waals surface area contributed by atoms with Crippen LogP contribution in [-0.2, 0) is 6.42 Å². The highest BCUT2D eigenvalue weighted by atomic mass is 19.1. The second-order valence-electron chi connectivity index (χ2n) is 4.41. The molecule has 0 radical (unpaired) electrons. The van der Waals surface area contributed by atoms with Crippen LogP contribution in [0, 0.1) is 5.82 Å². The molecule has 1 amide bonds. The number of benzene rings is 2. The Labute approximate surface area is 116 Å². The van der Waals surface area contributed by atoms with Crippen LogP contribution in [0.15, 0.2) is 42.5 Å². The van der Waals surface area contributed by atoms with Crippen molar-refractivity contribution < 1.29 is 14.3 Å². The highest BCUT2D eigenvalue weighted by Crippen LogP contribution is 2.12. The molecule has 0 aliphatic heterocycles. The highest BCUT2D eigenvalue weighted by molar-refractivity contribution is 5.94. The molecule has 5 heteroatoms. The van der Waals surface area contributed by atoms with Gasteiger partial charge in [0.25, 0.3) is 5.91 Å². The summed E-state index contributed by atoms with van der Waals surface area (Å²) < 4.78 is 13.2. The number of carbonyl (C=O) groups excluding carboxylic acids is 1. The molecular weight excluding hydrogens is 259 g/mol. The van der Waals surface area contributed by atoms with E-state index in [0.29, 0.717) is 13.0 Å². The molecule has 4 N–H and O–H groups in total. The number of phenols is 1. The molecule has 0 saturated heterocycles. The first-order valence-electron chi connectivity index (χ1n) is 6.17. The number of carbonyl (C=O) groups is 1. The molecule has 2 aromatic carbocycles. The molecule has 2 aromatic rings. The number of hydrogen-bond donors (Lipinski definition) is 3. The van der Waals surface area contributed by atoms with Crippen molar-refractivity contribution in [1.82, 2.24) is 5.32 Å². The molecule has 0 fully saturated rings. The molecule has 0 saturated carbocycles. The lowest BCUT2D eigenvalue weighted by atomic mass is 10.1. The Hall–Kier alpha value is -2.56. The van der Waals surface area contributed by atoms with Gasteiger partial charge < -0.3 is 16.2 Å². The van der Waals surface area contributed by atoms with Gasteiger partial charge in [0.2, 0.25) is 0 Å². The van der Waals surface area contributed by atoms with Gasteiger partial charge in [-0.3, -0.25) is 4.79 Å². The summed E-state index contributed by atoms with van der Waals surface area (Å²) in [7, 11) is 0. The first kappa shape index (κ1) is 13.9. The van der Waals surface area contributed by atoms with Gasteiger partial charge in [0.05, 0.1) is 5.69 Å². The van der Waals surface area contributed by atoms with Crippen LogP contribution in [0.4, 0.5) is 10.1 Å². The van der Waals surface area contributed by atoms with Crippen LogP contribution in [0.1, 0.15) is 15.9 Å². The Morgan fingerprint density at radius 1 is 1.20 bits per heavy atom. The molecule has 20 heavy (non-hydrogen) atoms. The summed E-state index contributed by atoms with van der Waals surface area (Å²) in [5.41, 5.74) is 6.60. The van der Waals surface area contributed by atoms with Gasteiger partial charge in [-0.15, -0.1) is 0 Å². The molecule has 0 aliphatic carbocycles. The number of hydrogen-bond acceptors (Lipinski definition) is 3. The van der Waals surface area contributed by atoms with Gasteiger partial charge >= 0.3 is 0 Å². The minimum absolute atomic E-state index is 0.0191. The first-order valence-corrected chi connectivity index (χ1v) is 6.17. The number of anilines is 1. The Bertz CT molecular complexity index is 612. The zero-order valence-electron chi connectivity index (χ0n) is 10.8.